The largest absolute Gasteiger partial charge is 0.382 e. The predicted octanol–water partition coefficient (Wildman–Crippen LogP) is 0.701. The lowest BCUT2D eigenvalue weighted by molar-refractivity contribution is -0.156. The number of carbonyl (C=O) groups is 2. The van der Waals surface area contributed by atoms with Gasteiger partial charge >= 0.3 is 0 Å². The van der Waals surface area contributed by atoms with Crippen molar-refractivity contribution >= 4 is 11.8 Å². The lowest BCUT2D eigenvalue weighted by Crippen LogP contribution is -2.67. The summed E-state index contributed by atoms with van der Waals surface area (Å²) in [5.74, 6) is 0.0653. The number of amides is 2. The number of hydrogen-bond donors (Lipinski definition) is 1. The van der Waals surface area contributed by atoms with Crippen LogP contribution in [-0.2, 0) is 19.1 Å². The summed E-state index contributed by atoms with van der Waals surface area (Å²) < 4.78 is 10.4. The van der Waals surface area contributed by atoms with Crippen molar-refractivity contribution in [2.75, 3.05) is 40.0 Å². The van der Waals surface area contributed by atoms with Gasteiger partial charge < -0.3 is 19.7 Å². The summed E-state index contributed by atoms with van der Waals surface area (Å²) in [6.07, 6.45) is 5.51. The zero-order valence-corrected chi connectivity index (χ0v) is 12.9. The number of methoxy groups -OCH3 is 1. The van der Waals surface area contributed by atoms with Crippen molar-refractivity contribution in [3.63, 3.8) is 0 Å². The van der Waals surface area contributed by atoms with Crippen LogP contribution in [-0.4, -0.2) is 62.3 Å². The van der Waals surface area contributed by atoms with Crippen LogP contribution in [0.4, 0.5) is 0 Å². The molecule has 21 heavy (non-hydrogen) atoms. The first kappa shape index (κ1) is 16.2. The Morgan fingerprint density at radius 2 is 1.90 bits per heavy atom. The standard InChI is InChI=1S/C15H26N2O4/c1-20-10-11-21-9-5-8-17-13(18)12-16-14(19)15(17)6-3-2-4-7-15/h2-12H2,1H3,(H,16,19). The van der Waals surface area contributed by atoms with Gasteiger partial charge in [0.2, 0.25) is 11.8 Å². The second kappa shape index (κ2) is 7.75. The molecule has 1 N–H and O–H groups in total. The van der Waals surface area contributed by atoms with Gasteiger partial charge in [0.05, 0.1) is 19.8 Å². The highest BCUT2D eigenvalue weighted by Crippen LogP contribution is 2.35. The van der Waals surface area contributed by atoms with Crippen molar-refractivity contribution in [3.8, 4) is 0 Å². The normalized spacial score (nSPS) is 21.7. The highest BCUT2D eigenvalue weighted by molar-refractivity contribution is 5.98. The van der Waals surface area contributed by atoms with E-state index in [-0.39, 0.29) is 18.4 Å². The van der Waals surface area contributed by atoms with Gasteiger partial charge in [0, 0.05) is 20.3 Å². The van der Waals surface area contributed by atoms with E-state index in [0.29, 0.717) is 26.4 Å². The lowest BCUT2D eigenvalue weighted by Gasteiger charge is -2.48. The van der Waals surface area contributed by atoms with Crippen molar-refractivity contribution in [1.29, 1.82) is 0 Å². The summed E-state index contributed by atoms with van der Waals surface area (Å²) in [5, 5.41) is 2.76. The third-order valence-corrected chi connectivity index (χ3v) is 4.42. The Bertz CT molecular complexity index is 367. The maximum atomic E-state index is 12.3. The molecular weight excluding hydrogens is 272 g/mol. The molecule has 0 aromatic rings. The number of nitrogens with one attached hydrogen (secondary N) is 1. The van der Waals surface area contributed by atoms with Crippen molar-refractivity contribution in [3.05, 3.63) is 0 Å². The van der Waals surface area contributed by atoms with Gasteiger partial charge in [0.1, 0.15) is 5.54 Å². The van der Waals surface area contributed by atoms with Crippen LogP contribution >= 0.6 is 0 Å². The van der Waals surface area contributed by atoms with Gasteiger partial charge in [-0.3, -0.25) is 9.59 Å². The molecule has 1 saturated heterocycles. The molecule has 2 amide bonds. The highest BCUT2D eigenvalue weighted by atomic mass is 16.5. The lowest BCUT2D eigenvalue weighted by atomic mass is 9.78. The molecule has 1 aliphatic heterocycles. The predicted molar refractivity (Wildman–Crippen MR) is 77.9 cm³/mol. The maximum absolute atomic E-state index is 12.3. The summed E-state index contributed by atoms with van der Waals surface area (Å²) in [6.45, 7) is 2.46. The average molecular weight is 298 g/mol. The molecule has 0 aromatic heterocycles. The van der Waals surface area contributed by atoms with Crippen LogP contribution in [0.15, 0.2) is 0 Å². The molecule has 1 saturated carbocycles. The van der Waals surface area contributed by atoms with E-state index in [1.54, 1.807) is 7.11 Å². The topological polar surface area (TPSA) is 67.9 Å². The van der Waals surface area contributed by atoms with Crippen molar-refractivity contribution in [2.45, 2.75) is 44.1 Å². The summed E-state index contributed by atoms with van der Waals surface area (Å²) in [4.78, 5) is 26.4. The van der Waals surface area contributed by atoms with Crippen molar-refractivity contribution in [1.82, 2.24) is 10.2 Å². The molecular formula is C15H26N2O4. The molecule has 0 aromatic carbocycles. The number of carbonyl (C=O) groups excluding carboxylic acids is 2. The van der Waals surface area contributed by atoms with Gasteiger partial charge in [0.15, 0.2) is 0 Å². The van der Waals surface area contributed by atoms with E-state index in [9.17, 15) is 9.59 Å². The SMILES string of the molecule is COCCOCCCN1C(=O)CNC(=O)C12CCCCC2. The van der Waals surface area contributed by atoms with Crippen LogP contribution in [0.5, 0.6) is 0 Å². The summed E-state index contributed by atoms with van der Waals surface area (Å²) >= 11 is 0. The molecule has 0 bridgehead atoms. The quantitative estimate of drug-likeness (QED) is 0.703. The molecule has 0 unspecified atom stereocenters. The van der Waals surface area contributed by atoms with E-state index in [1.807, 2.05) is 4.90 Å². The molecule has 2 aliphatic rings. The molecule has 2 fully saturated rings. The summed E-state index contributed by atoms with van der Waals surface area (Å²) in [6, 6.07) is 0. The molecule has 120 valence electrons. The number of hydrogen-bond acceptors (Lipinski definition) is 4. The minimum absolute atomic E-state index is 0.0297. The average Bonchev–Trinajstić information content (AvgIpc) is 2.51. The fraction of sp³-hybridized carbons (Fsp3) is 0.867. The highest BCUT2D eigenvalue weighted by Gasteiger charge is 2.49. The van der Waals surface area contributed by atoms with Gasteiger partial charge in [-0.25, -0.2) is 0 Å². The minimum atomic E-state index is -0.597. The Morgan fingerprint density at radius 3 is 2.62 bits per heavy atom. The van der Waals surface area contributed by atoms with Crippen molar-refractivity contribution < 1.29 is 19.1 Å². The van der Waals surface area contributed by atoms with Crippen LogP contribution in [0.25, 0.3) is 0 Å². The third kappa shape index (κ3) is 3.74. The molecule has 6 nitrogen and oxygen atoms in total. The molecule has 2 rings (SSSR count). The molecule has 1 spiro atoms. The van der Waals surface area contributed by atoms with Gasteiger partial charge in [-0.1, -0.05) is 19.3 Å². The fourth-order valence-corrected chi connectivity index (χ4v) is 3.32. The molecule has 1 heterocycles. The summed E-state index contributed by atoms with van der Waals surface area (Å²) in [5.41, 5.74) is -0.597. The zero-order chi connectivity index (χ0) is 15.1. The Labute approximate surface area is 126 Å². The van der Waals surface area contributed by atoms with Crippen molar-refractivity contribution in [2.24, 2.45) is 0 Å². The second-order valence-corrected chi connectivity index (χ2v) is 5.78. The number of nitrogens with zero attached hydrogens (tertiary/aromatic N) is 1. The van der Waals surface area contributed by atoms with Crippen LogP contribution in [0.1, 0.15) is 38.5 Å². The third-order valence-electron chi connectivity index (χ3n) is 4.42. The van der Waals surface area contributed by atoms with E-state index in [0.717, 1.165) is 38.5 Å². The molecule has 0 radical (unpaired) electrons. The smallest absolute Gasteiger partial charge is 0.246 e. The van der Waals surface area contributed by atoms with Crippen LogP contribution in [0.2, 0.25) is 0 Å². The van der Waals surface area contributed by atoms with E-state index >= 15 is 0 Å². The van der Waals surface area contributed by atoms with Crippen LogP contribution < -0.4 is 5.32 Å². The number of ether oxygens (including phenoxy) is 2. The van der Waals surface area contributed by atoms with E-state index in [1.165, 1.54) is 0 Å². The van der Waals surface area contributed by atoms with Crippen LogP contribution in [0, 0.1) is 0 Å². The Morgan fingerprint density at radius 1 is 1.14 bits per heavy atom. The Kier molecular flexibility index (Phi) is 5.99. The van der Waals surface area contributed by atoms with Gasteiger partial charge in [0.25, 0.3) is 0 Å². The zero-order valence-electron chi connectivity index (χ0n) is 12.9. The first-order valence-electron chi connectivity index (χ1n) is 7.86. The maximum Gasteiger partial charge on any atom is 0.246 e. The number of piperazine rings is 1. The van der Waals surface area contributed by atoms with Gasteiger partial charge in [-0.05, 0) is 19.3 Å². The van der Waals surface area contributed by atoms with E-state index < -0.39 is 5.54 Å². The van der Waals surface area contributed by atoms with Gasteiger partial charge in [-0.15, -0.1) is 0 Å². The Hall–Kier alpha value is -1.14. The minimum Gasteiger partial charge on any atom is -0.382 e. The molecule has 6 heteroatoms. The molecule has 1 aliphatic carbocycles. The first-order valence-corrected chi connectivity index (χ1v) is 7.86. The monoisotopic (exact) mass is 298 g/mol. The van der Waals surface area contributed by atoms with E-state index in [4.69, 9.17) is 9.47 Å². The summed E-state index contributed by atoms with van der Waals surface area (Å²) in [7, 11) is 1.64. The van der Waals surface area contributed by atoms with Crippen LogP contribution in [0.3, 0.4) is 0 Å². The fourth-order valence-electron chi connectivity index (χ4n) is 3.32. The first-order chi connectivity index (χ1) is 10.2. The van der Waals surface area contributed by atoms with Gasteiger partial charge in [-0.2, -0.15) is 0 Å². The second-order valence-electron chi connectivity index (χ2n) is 5.78. The Balaban J connectivity index is 1.90. The number of rotatable bonds is 7. The van der Waals surface area contributed by atoms with E-state index in [2.05, 4.69) is 5.32 Å². The molecule has 0 atom stereocenters.